The highest BCUT2D eigenvalue weighted by atomic mass is 16.5. The Bertz CT molecular complexity index is 338. The van der Waals surface area contributed by atoms with Crippen LogP contribution in [0.3, 0.4) is 0 Å². The highest BCUT2D eigenvalue weighted by Gasteiger charge is 2.08. The van der Waals surface area contributed by atoms with E-state index in [4.69, 9.17) is 10.6 Å². The smallest absolute Gasteiger partial charge is 0.287 e. The second-order valence-electron chi connectivity index (χ2n) is 3.43. The van der Waals surface area contributed by atoms with Crippen molar-refractivity contribution < 1.29 is 9.53 Å². The average molecular weight is 227 g/mol. The predicted molar refractivity (Wildman–Crippen MR) is 57.4 cm³/mol. The van der Waals surface area contributed by atoms with Crippen molar-refractivity contribution in [3.63, 3.8) is 0 Å². The van der Waals surface area contributed by atoms with E-state index in [0.717, 1.165) is 6.42 Å². The van der Waals surface area contributed by atoms with Gasteiger partial charge in [0, 0.05) is 0 Å². The van der Waals surface area contributed by atoms with E-state index < -0.39 is 5.91 Å². The molecule has 0 aliphatic rings. The molecular formula is C9H17N5O2. The summed E-state index contributed by atoms with van der Waals surface area (Å²) in [6.45, 7) is 5.18. The van der Waals surface area contributed by atoms with Crippen molar-refractivity contribution >= 4 is 5.91 Å². The van der Waals surface area contributed by atoms with Crippen molar-refractivity contribution in [1.82, 2.24) is 20.4 Å². The number of aromatic nitrogens is 3. The summed E-state index contributed by atoms with van der Waals surface area (Å²) in [5, 5.41) is 7.45. The zero-order chi connectivity index (χ0) is 12.0. The van der Waals surface area contributed by atoms with Gasteiger partial charge in [-0.3, -0.25) is 10.2 Å². The third-order valence-corrected chi connectivity index (χ3v) is 2.20. The molecule has 1 atom stereocenters. The number of carbonyl (C=O) groups is 1. The minimum Gasteiger partial charge on any atom is -0.377 e. The van der Waals surface area contributed by atoms with Crippen LogP contribution in [-0.4, -0.2) is 33.6 Å². The van der Waals surface area contributed by atoms with Crippen LogP contribution in [0.1, 0.15) is 30.8 Å². The van der Waals surface area contributed by atoms with Crippen molar-refractivity contribution in [2.45, 2.75) is 32.9 Å². The molecule has 3 N–H and O–H groups in total. The van der Waals surface area contributed by atoms with Gasteiger partial charge >= 0.3 is 0 Å². The SMILES string of the molecule is CCC(C)OCCn1cc(C(=O)NN)nn1. The molecule has 1 amide bonds. The van der Waals surface area contributed by atoms with E-state index in [9.17, 15) is 4.79 Å². The summed E-state index contributed by atoms with van der Waals surface area (Å²) in [5.41, 5.74) is 2.19. The summed E-state index contributed by atoms with van der Waals surface area (Å²) in [7, 11) is 0. The second-order valence-corrected chi connectivity index (χ2v) is 3.43. The molecule has 7 heteroatoms. The van der Waals surface area contributed by atoms with Gasteiger partial charge in [0.05, 0.1) is 25.5 Å². The Morgan fingerprint density at radius 1 is 1.75 bits per heavy atom. The minimum atomic E-state index is -0.450. The van der Waals surface area contributed by atoms with Crippen LogP contribution < -0.4 is 11.3 Å². The van der Waals surface area contributed by atoms with Gasteiger partial charge in [-0.15, -0.1) is 5.10 Å². The number of amides is 1. The van der Waals surface area contributed by atoms with Crippen molar-refractivity contribution in [3.05, 3.63) is 11.9 Å². The maximum Gasteiger partial charge on any atom is 0.287 e. The number of hydrazine groups is 1. The Morgan fingerprint density at radius 2 is 2.50 bits per heavy atom. The van der Waals surface area contributed by atoms with E-state index in [0.29, 0.717) is 13.2 Å². The number of ether oxygens (including phenoxy) is 1. The molecule has 0 saturated heterocycles. The lowest BCUT2D eigenvalue weighted by Gasteiger charge is -2.09. The van der Waals surface area contributed by atoms with E-state index in [-0.39, 0.29) is 11.8 Å². The Hall–Kier alpha value is -1.47. The van der Waals surface area contributed by atoms with Crippen LogP contribution in [0.5, 0.6) is 0 Å². The summed E-state index contributed by atoms with van der Waals surface area (Å²) < 4.78 is 7.03. The highest BCUT2D eigenvalue weighted by Crippen LogP contribution is 1.97. The van der Waals surface area contributed by atoms with Crippen LogP contribution in [0.25, 0.3) is 0 Å². The normalized spacial score (nSPS) is 12.4. The first kappa shape index (κ1) is 12.6. The third-order valence-electron chi connectivity index (χ3n) is 2.20. The molecule has 0 aliphatic heterocycles. The second kappa shape index (κ2) is 6.19. The molecule has 0 radical (unpaired) electrons. The average Bonchev–Trinajstić information content (AvgIpc) is 2.76. The fourth-order valence-electron chi connectivity index (χ4n) is 1.05. The number of nitrogens with two attached hydrogens (primary N) is 1. The zero-order valence-corrected chi connectivity index (χ0v) is 9.51. The molecule has 1 rings (SSSR count). The van der Waals surface area contributed by atoms with Gasteiger partial charge in [-0.25, -0.2) is 10.5 Å². The predicted octanol–water partition coefficient (Wildman–Crippen LogP) is -0.303. The molecule has 1 heterocycles. The van der Waals surface area contributed by atoms with Crippen molar-refractivity contribution in [2.75, 3.05) is 6.61 Å². The molecule has 0 aliphatic carbocycles. The minimum absolute atomic E-state index is 0.200. The van der Waals surface area contributed by atoms with Gasteiger partial charge < -0.3 is 4.74 Å². The van der Waals surface area contributed by atoms with Crippen molar-refractivity contribution in [3.8, 4) is 0 Å². The van der Waals surface area contributed by atoms with E-state index in [1.807, 2.05) is 12.3 Å². The van der Waals surface area contributed by atoms with Gasteiger partial charge in [0.2, 0.25) is 0 Å². The number of nitrogen functional groups attached to an aromatic ring is 1. The largest absolute Gasteiger partial charge is 0.377 e. The van der Waals surface area contributed by atoms with Crippen LogP contribution in [0, 0.1) is 0 Å². The number of carbonyl (C=O) groups excluding carboxylic acids is 1. The monoisotopic (exact) mass is 227 g/mol. The first-order valence-corrected chi connectivity index (χ1v) is 5.20. The maximum atomic E-state index is 11.1. The van der Waals surface area contributed by atoms with Gasteiger partial charge in [-0.1, -0.05) is 12.1 Å². The quantitative estimate of drug-likeness (QED) is 0.395. The fourth-order valence-corrected chi connectivity index (χ4v) is 1.05. The molecule has 7 nitrogen and oxygen atoms in total. The van der Waals surface area contributed by atoms with Crippen LogP contribution in [-0.2, 0) is 11.3 Å². The summed E-state index contributed by atoms with van der Waals surface area (Å²) in [6, 6.07) is 0. The molecule has 0 aromatic carbocycles. The Balaban J connectivity index is 2.38. The fraction of sp³-hybridized carbons (Fsp3) is 0.667. The third kappa shape index (κ3) is 3.59. The molecule has 0 saturated carbocycles. The summed E-state index contributed by atoms with van der Waals surface area (Å²) in [5.74, 6) is 4.52. The molecule has 0 spiro atoms. The lowest BCUT2D eigenvalue weighted by molar-refractivity contribution is 0.0562. The Labute approximate surface area is 93.9 Å². The number of hydrogen-bond donors (Lipinski definition) is 2. The molecule has 1 unspecified atom stereocenters. The van der Waals surface area contributed by atoms with Gasteiger partial charge in [-0.05, 0) is 13.3 Å². The molecule has 1 aromatic rings. The van der Waals surface area contributed by atoms with Gasteiger partial charge in [0.15, 0.2) is 5.69 Å². The highest BCUT2D eigenvalue weighted by molar-refractivity contribution is 5.91. The lowest BCUT2D eigenvalue weighted by Crippen LogP contribution is -2.30. The first-order chi connectivity index (χ1) is 7.67. The maximum absolute atomic E-state index is 11.1. The number of rotatable bonds is 6. The van der Waals surface area contributed by atoms with E-state index in [1.165, 1.54) is 6.20 Å². The first-order valence-electron chi connectivity index (χ1n) is 5.20. The molecule has 0 bridgehead atoms. The molecular weight excluding hydrogens is 210 g/mol. The number of hydrogen-bond acceptors (Lipinski definition) is 5. The summed E-state index contributed by atoms with van der Waals surface area (Å²) in [4.78, 5) is 11.1. The number of nitrogens with zero attached hydrogens (tertiary/aromatic N) is 3. The molecule has 1 aromatic heterocycles. The van der Waals surface area contributed by atoms with Crippen molar-refractivity contribution in [2.24, 2.45) is 5.84 Å². The standard InChI is InChI=1S/C9H17N5O2/c1-3-7(2)16-5-4-14-6-8(12-13-14)9(15)11-10/h6-7H,3-5,10H2,1-2H3,(H,11,15). The molecule has 0 fully saturated rings. The van der Waals surface area contributed by atoms with Crippen LogP contribution in [0.2, 0.25) is 0 Å². The van der Waals surface area contributed by atoms with Gasteiger partial charge in [0.1, 0.15) is 0 Å². The van der Waals surface area contributed by atoms with E-state index in [2.05, 4.69) is 17.2 Å². The van der Waals surface area contributed by atoms with Crippen molar-refractivity contribution in [1.29, 1.82) is 0 Å². The van der Waals surface area contributed by atoms with E-state index in [1.54, 1.807) is 4.68 Å². The number of nitrogens with one attached hydrogen (secondary N) is 1. The van der Waals surface area contributed by atoms with Gasteiger partial charge in [-0.2, -0.15) is 0 Å². The van der Waals surface area contributed by atoms with Gasteiger partial charge in [0.25, 0.3) is 5.91 Å². The summed E-state index contributed by atoms with van der Waals surface area (Å²) >= 11 is 0. The zero-order valence-electron chi connectivity index (χ0n) is 9.51. The topological polar surface area (TPSA) is 95.1 Å². The molecule has 90 valence electrons. The van der Waals surface area contributed by atoms with Crippen LogP contribution in [0.4, 0.5) is 0 Å². The van der Waals surface area contributed by atoms with Crippen LogP contribution >= 0.6 is 0 Å². The Kier molecular flexibility index (Phi) is 4.87. The lowest BCUT2D eigenvalue weighted by atomic mass is 10.3. The summed E-state index contributed by atoms with van der Waals surface area (Å²) in [6.07, 6.45) is 2.73. The Morgan fingerprint density at radius 3 is 3.12 bits per heavy atom. The van der Waals surface area contributed by atoms with E-state index >= 15 is 0 Å². The molecule has 16 heavy (non-hydrogen) atoms. The van der Waals surface area contributed by atoms with Crippen LogP contribution in [0.15, 0.2) is 6.20 Å².